The van der Waals surface area contributed by atoms with Crippen molar-refractivity contribution in [3.63, 3.8) is 0 Å². The number of hydrogen-bond acceptors (Lipinski definition) is 12. The van der Waals surface area contributed by atoms with E-state index in [9.17, 15) is 9.59 Å². The van der Waals surface area contributed by atoms with E-state index in [1.54, 1.807) is 0 Å². The average Bonchev–Trinajstić information content (AvgIpc) is 3.22. The Morgan fingerprint density at radius 2 is 0.778 bits per heavy atom. The lowest BCUT2D eigenvalue weighted by molar-refractivity contribution is -0.138. The Kier molecular flexibility index (Phi) is 14.9. The normalized spacial score (nSPS) is 11.3. The lowest BCUT2D eigenvalue weighted by atomic mass is 10.1. The molecule has 0 aliphatic carbocycles. The van der Waals surface area contributed by atoms with E-state index in [1.165, 1.54) is 0 Å². The van der Waals surface area contributed by atoms with Gasteiger partial charge in [0.1, 0.15) is 11.5 Å². The van der Waals surface area contributed by atoms with Gasteiger partial charge in [-0.2, -0.15) is 20.5 Å². The van der Waals surface area contributed by atoms with Gasteiger partial charge >= 0.3 is 11.9 Å². The summed E-state index contributed by atoms with van der Waals surface area (Å²) in [6, 6.07) is 33.6. The molecule has 0 unspecified atom stereocenters. The van der Waals surface area contributed by atoms with Gasteiger partial charge < -0.3 is 18.9 Å². The second kappa shape index (κ2) is 20.9. The summed E-state index contributed by atoms with van der Waals surface area (Å²) in [6.45, 7) is 8.46. The minimum Gasteiger partial charge on any atom is -0.494 e. The zero-order chi connectivity index (χ0) is 37.8. The van der Waals surface area contributed by atoms with Gasteiger partial charge in [-0.1, -0.05) is 37.4 Å². The molecule has 0 aliphatic rings. The van der Waals surface area contributed by atoms with E-state index in [0.717, 1.165) is 47.3 Å². The van der Waals surface area contributed by atoms with Crippen LogP contribution in [0.3, 0.4) is 0 Å². The molecule has 5 aromatic carbocycles. The first kappa shape index (κ1) is 38.4. The molecule has 0 bridgehead atoms. The number of esters is 2. The van der Waals surface area contributed by atoms with Crippen molar-refractivity contribution in [2.75, 3.05) is 26.4 Å². The van der Waals surface area contributed by atoms with Crippen LogP contribution in [0.15, 0.2) is 165 Å². The van der Waals surface area contributed by atoms with Crippen LogP contribution in [-0.2, 0) is 19.1 Å². The van der Waals surface area contributed by atoms with Gasteiger partial charge in [0.25, 0.3) is 0 Å². The molecule has 0 saturated carbocycles. The van der Waals surface area contributed by atoms with Crippen LogP contribution in [0.1, 0.15) is 25.7 Å². The molecular weight excluding hydrogens is 684 g/mol. The summed E-state index contributed by atoms with van der Waals surface area (Å²) in [6.07, 6.45) is 5.24. The number of nitrogens with zero attached hydrogens (tertiary/aromatic N) is 6. The maximum absolute atomic E-state index is 11.1. The zero-order valence-electron chi connectivity index (χ0n) is 29.8. The van der Waals surface area contributed by atoms with Crippen LogP contribution in [0.4, 0.5) is 34.1 Å². The number of benzene rings is 5. The SMILES string of the molecule is C=CC(=O)OCCCCOc1ccc(/N=N/c2ccc(/N=N/c3ccc(/N=N/c4ccc(OCCCCOC(=O)C=C)cc4)c4ccccc34)cc2)cc1. The molecule has 0 aliphatic heterocycles. The Hall–Kier alpha value is -6.82. The molecule has 5 aromatic rings. The molecule has 54 heavy (non-hydrogen) atoms. The number of fused-ring (bicyclic) bond motifs is 1. The van der Waals surface area contributed by atoms with E-state index in [4.69, 9.17) is 18.9 Å². The number of azo groups is 3. The Morgan fingerprint density at radius 3 is 1.15 bits per heavy atom. The van der Waals surface area contributed by atoms with E-state index in [0.29, 0.717) is 73.4 Å². The summed E-state index contributed by atoms with van der Waals surface area (Å²) in [5.41, 5.74) is 4.13. The summed E-state index contributed by atoms with van der Waals surface area (Å²) in [7, 11) is 0. The number of carbonyl (C=O) groups excluding carboxylic acids is 2. The van der Waals surface area contributed by atoms with E-state index in [2.05, 4.69) is 43.8 Å². The van der Waals surface area contributed by atoms with Gasteiger partial charge in [-0.25, -0.2) is 9.59 Å². The van der Waals surface area contributed by atoms with Crippen LogP contribution in [0, 0.1) is 0 Å². The van der Waals surface area contributed by atoms with Gasteiger partial charge in [0.05, 0.1) is 60.6 Å². The molecule has 12 nitrogen and oxygen atoms in total. The molecular formula is C42H40N6O6. The molecule has 0 N–H and O–H groups in total. The highest BCUT2D eigenvalue weighted by molar-refractivity contribution is 5.99. The highest BCUT2D eigenvalue weighted by atomic mass is 16.5. The van der Waals surface area contributed by atoms with Gasteiger partial charge in [0, 0.05) is 22.9 Å². The van der Waals surface area contributed by atoms with Crippen LogP contribution in [0.25, 0.3) is 10.8 Å². The van der Waals surface area contributed by atoms with Gasteiger partial charge in [-0.05, 0) is 111 Å². The quantitative estimate of drug-likeness (QED) is 0.0338. The van der Waals surface area contributed by atoms with Crippen LogP contribution in [0.5, 0.6) is 11.5 Å². The highest BCUT2D eigenvalue weighted by Gasteiger charge is 2.06. The van der Waals surface area contributed by atoms with Gasteiger partial charge in [0.2, 0.25) is 0 Å². The number of ether oxygens (including phenoxy) is 4. The fourth-order valence-corrected chi connectivity index (χ4v) is 4.84. The second-order valence-corrected chi connectivity index (χ2v) is 11.6. The van der Waals surface area contributed by atoms with Crippen molar-refractivity contribution in [1.29, 1.82) is 0 Å². The zero-order valence-corrected chi connectivity index (χ0v) is 29.8. The van der Waals surface area contributed by atoms with Crippen molar-refractivity contribution in [1.82, 2.24) is 0 Å². The minimum absolute atomic E-state index is 0.341. The molecule has 0 spiro atoms. The lowest BCUT2D eigenvalue weighted by Crippen LogP contribution is -2.04. The van der Waals surface area contributed by atoms with Gasteiger partial charge in [0.15, 0.2) is 0 Å². The Bertz CT molecular complexity index is 2100. The number of rotatable bonds is 20. The molecule has 0 heterocycles. The monoisotopic (exact) mass is 724 g/mol. The topological polar surface area (TPSA) is 145 Å². The molecule has 0 saturated heterocycles. The van der Waals surface area contributed by atoms with Crippen molar-refractivity contribution in [2.45, 2.75) is 25.7 Å². The van der Waals surface area contributed by atoms with E-state index < -0.39 is 11.9 Å². The Balaban J connectivity index is 1.11. The van der Waals surface area contributed by atoms with Crippen molar-refractivity contribution in [2.24, 2.45) is 30.7 Å². The second-order valence-electron chi connectivity index (χ2n) is 11.6. The summed E-state index contributed by atoms with van der Waals surface area (Å²) >= 11 is 0. The molecule has 0 atom stereocenters. The first-order valence-corrected chi connectivity index (χ1v) is 17.4. The van der Waals surface area contributed by atoms with E-state index in [-0.39, 0.29) is 0 Å². The Labute approximate surface area is 313 Å². The number of carbonyl (C=O) groups is 2. The van der Waals surface area contributed by atoms with Gasteiger partial charge in [-0.3, -0.25) is 0 Å². The standard InChI is InChI=1S/C42H40N6O6/c1-3-41(49)53-29-9-7-27-51-35-21-17-33(18-22-35)44-43-31-13-15-32(16-14-31)45-47-39-25-26-40(38-12-6-5-11-37(38)39)48-46-34-19-23-36(24-20-34)52-28-8-10-30-54-42(50)4-2/h3-6,11-26H,1-2,7-10,27-30H2/b44-43+,47-45+,48-46+. The fourth-order valence-electron chi connectivity index (χ4n) is 4.84. The Morgan fingerprint density at radius 1 is 0.444 bits per heavy atom. The van der Waals surface area contributed by atoms with Crippen LogP contribution < -0.4 is 9.47 Å². The van der Waals surface area contributed by atoms with Crippen LogP contribution in [-0.4, -0.2) is 38.4 Å². The molecule has 0 aromatic heterocycles. The predicted molar refractivity (Wildman–Crippen MR) is 208 cm³/mol. The molecule has 5 rings (SSSR count). The summed E-state index contributed by atoms with van der Waals surface area (Å²) in [5.74, 6) is 0.613. The largest absolute Gasteiger partial charge is 0.494 e. The van der Waals surface area contributed by atoms with Crippen molar-refractivity contribution >= 4 is 56.8 Å². The van der Waals surface area contributed by atoms with Crippen LogP contribution in [0.2, 0.25) is 0 Å². The maximum atomic E-state index is 11.1. The smallest absolute Gasteiger partial charge is 0.330 e. The third-order valence-electron chi connectivity index (χ3n) is 7.67. The number of unbranched alkanes of at least 4 members (excludes halogenated alkanes) is 2. The molecule has 0 amide bonds. The third kappa shape index (κ3) is 12.4. The molecule has 12 heteroatoms. The predicted octanol–water partition coefficient (Wildman–Crippen LogP) is 11.9. The van der Waals surface area contributed by atoms with Crippen molar-refractivity contribution < 1.29 is 28.5 Å². The summed E-state index contributed by atoms with van der Waals surface area (Å²) < 4.78 is 21.4. The first-order valence-electron chi connectivity index (χ1n) is 17.4. The first-order chi connectivity index (χ1) is 26.5. The van der Waals surface area contributed by atoms with Crippen molar-refractivity contribution in [3.05, 3.63) is 135 Å². The molecule has 0 radical (unpaired) electrons. The molecule has 0 fully saturated rings. The summed E-state index contributed by atoms with van der Waals surface area (Å²) in [4.78, 5) is 22.1. The highest BCUT2D eigenvalue weighted by Crippen LogP contribution is 2.35. The van der Waals surface area contributed by atoms with E-state index >= 15 is 0 Å². The van der Waals surface area contributed by atoms with Gasteiger partial charge in [-0.15, -0.1) is 10.2 Å². The number of hydrogen-bond donors (Lipinski definition) is 0. The minimum atomic E-state index is -0.418. The van der Waals surface area contributed by atoms with Crippen molar-refractivity contribution in [3.8, 4) is 11.5 Å². The molecule has 274 valence electrons. The van der Waals surface area contributed by atoms with E-state index in [1.807, 2.05) is 109 Å². The third-order valence-corrected chi connectivity index (χ3v) is 7.67. The summed E-state index contributed by atoms with van der Waals surface area (Å²) in [5, 5.41) is 28.4. The lowest BCUT2D eigenvalue weighted by Gasteiger charge is -2.06. The fraction of sp³-hybridized carbons (Fsp3) is 0.190. The average molecular weight is 725 g/mol. The van der Waals surface area contributed by atoms with Crippen LogP contribution >= 0.6 is 0 Å². The maximum Gasteiger partial charge on any atom is 0.330 e.